The lowest BCUT2D eigenvalue weighted by atomic mass is 9.75. The lowest BCUT2D eigenvalue weighted by Gasteiger charge is -2.36. The van der Waals surface area contributed by atoms with Crippen molar-refractivity contribution >= 4 is 17.7 Å². The molecule has 0 radical (unpaired) electrons. The Balaban J connectivity index is 1.81. The van der Waals surface area contributed by atoms with Crippen LogP contribution in [-0.2, 0) is 24.5 Å². The van der Waals surface area contributed by atoms with Gasteiger partial charge in [-0.2, -0.15) is 0 Å². The molecule has 0 bridgehead atoms. The number of imide groups is 1. The maximum Gasteiger partial charge on any atom is 0.240 e. The van der Waals surface area contributed by atoms with Crippen molar-refractivity contribution < 1.29 is 23.9 Å². The molecule has 1 atom stereocenters. The number of carbonyl (C=O) groups is 3. The average molecular weight is 403 g/mol. The minimum Gasteiger partial charge on any atom is -0.496 e. The van der Waals surface area contributed by atoms with Gasteiger partial charge in [0.05, 0.1) is 19.1 Å². The van der Waals surface area contributed by atoms with Gasteiger partial charge in [-0.25, -0.2) is 0 Å². The summed E-state index contributed by atoms with van der Waals surface area (Å²) in [5.74, 6) is -0.225. The second-order valence-corrected chi connectivity index (χ2v) is 7.61. The average Bonchev–Trinajstić information content (AvgIpc) is 2.96. The van der Waals surface area contributed by atoms with E-state index in [1.54, 1.807) is 30.2 Å². The van der Waals surface area contributed by atoms with E-state index < -0.39 is 5.41 Å². The van der Waals surface area contributed by atoms with E-state index in [1.807, 2.05) is 6.07 Å². The Morgan fingerprint density at radius 2 is 1.79 bits per heavy atom. The van der Waals surface area contributed by atoms with Crippen molar-refractivity contribution in [3.8, 4) is 5.75 Å². The molecule has 2 fully saturated rings. The number of likely N-dealkylation sites (tertiary alicyclic amines) is 1. The van der Waals surface area contributed by atoms with Gasteiger partial charge in [0.2, 0.25) is 17.7 Å². The van der Waals surface area contributed by atoms with Crippen LogP contribution in [0.4, 0.5) is 0 Å². The van der Waals surface area contributed by atoms with Crippen molar-refractivity contribution in [1.29, 1.82) is 0 Å². The number of hydrogen-bond donors (Lipinski definition) is 0. The molecule has 1 aromatic carbocycles. The number of ether oxygens (including phenoxy) is 2. The van der Waals surface area contributed by atoms with Gasteiger partial charge in [-0.05, 0) is 6.07 Å². The summed E-state index contributed by atoms with van der Waals surface area (Å²) in [5.41, 5.74) is -0.625. The molecule has 0 spiro atoms. The summed E-state index contributed by atoms with van der Waals surface area (Å²) in [6.07, 6.45) is -0.0669. The van der Waals surface area contributed by atoms with Gasteiger partial charge < -0.3 is 14.4 Å². The third-order valence-electron chi connectivity index (χ3n) is 5.95. The summed E-state index contributed by atoms with van der Waals surface area (Å²) in [6.45, 7) is 4.23. The van der Waals surface area contributed by atoms with Crippen molar-refractivity contribution in [2.45, 2.75) is 18.3 Å². The van der Waals surface area contributed by atoms with Crippen molar-refractivity contribution in [1.82, 2.24) is 14.7 Å². The molecular formula is C21H29N3O5. The van der Waals surface area contributed by atoms with Crippen LogP contribution >= 0.6 is 0 Å². The van der Waals surface area contributed by atoms with Gasteiger partial charge in [0.1, 0.15) is 5.75 Å². The molecule has 2 aliphatic rings. The Morgan fingerprint density at radius 3 is 2.38 bits per heavy atom. The van der Waals surface area contributed by atoms with Gasteiger partial charge in [0, 0.05) is 65.3 Å². The molecule has 1 aromatic rings. The van der Waals surface area contributed by atoms with Gasteiger partial charge in [-0.15, -0.1) is 0 Å². The molecular weight excluding hydrogens is 374 g/mol. The smallest absolute Gasteiger partial charge is 0.240 e. The molecule has 8 heteroatoms. The van der Waals surface area contributed by atoms with Gasteiger partial charge in [-0.3, -0.25) is 24.2 Å². The summed E-state index contributed by atoms with van der Waals surface area (Å²) >= 11 is 0. The van der Waals surface area contributed by atoms with E-state index in [1.165, 1.54) is 14.2 Å². The van der Waals surface area contributed by atoms with E-state index in [2.05, 4.69) is 4.90 Å². The zero-order valence-electron chi connectivity index (χ0n) is 17.3. The van der Waals surface area contributed by atoms with Crippen LogP contribution in [0.25, 0.3) is 0 Å². The Morgan fingerprint density at radius 1 is 1.10 bits per heavy atom. The molecule has 3 amide bonds. The van der Waals surface area contributed by atoms with Crippen molar-refractivity contribution in [2.24, 2.45) is 0 Å². The van der Waals surface area contributed by atoms with Crippen molar-refractivity contribution in [3.63, 3.8) is 0 Å². The minimum atomic E-state index is -1.22. The molecule has 0 unspecified atom stereocenters. The molecule has 0 aliphatic carbocycles. The maximum atomic E-state index is 13.2. The van der Waals surface area contributed by atoms with E-state index >= 15 is 0 Å². The number of rotatable bonds is 7. The molecule has 29 heavy (non-hydrogen) atoms. The van der Waals surface area contributed by atoms with Crippen LogP contribution in [0.5, 0.6) is 5.75 Å². The molecule has 0 saturated carbocycles. The van der Waals surface area contributed by atoms with E-state index in [0.29, 0.717) is 31.0 Å². The highest BCUT2D eigenvalue weighted by atomic mass is 16.5. The summed E-state index contributed by atoms with van der Waals surface area (Å²) in [6, 6.07) is 7.14. The van der Waals surface area contributed by atoms with Crippen LogP contribution in [0, 0.1) is 0 Å². The highest BCUT2D eigenvalue weighted by Crippen LogP contribution is 2.43. The third-order valence-corrected chi connectivity index (χ3v) is 5.95. The Labute approximate surface area is 171 Å². The zero-order valence-corrected chi connectivity index (χ0v) is 17.3. The minimum absolute atomic E-state index is 0.0255. The quantitative estimate of drug-likeness (QED) is 0.617. The molecule has 8 nitrogen and oxygen atoms in total. The number of benzene rings is 1. The topological polar surface area (TPSA) is 79.4 Å². The van der Waals surface area contributed by atoms with Crippen LogP contribution in [0.2, 0.25) is 0 Å². The number of carbonyl (C=O) groups excluding carboxylic acids is 3. The first kappa shape index (κ1) is 21.3. The second-order valence-electron chi connectivity index (χ2n) is 7.61. The molecule has 2 heterocycles. The van der Waals surface area contributed by atoms with Crippen LogP contribution in [-0.4, -0.2) is 93.0 Å². The monoisotopic (exact) mass is 403 g/mol. The highest BCUT2D eigenvalue weighted by Gasteiger charge is 2.54. The van der Waals surface area contributed by atoms with E-state index in [9.17, 15) is 14.4 Å². The summed E-state index contributed by atoms with van der Waals surface area (Å²) < 4.78 is 10.6. The fraction of sp³-hybridized carbons (Fsp3) is 0.571. The standard InChI is InChI=1S/C21H29N3O5/c1-22-18(25)14-21(20(22)27,16-6-4-5-7-17(16)29-3)15-19(26)24-10-8-23(9-11-24)12-13-28-2/h4-7H,8-15H2,1-3H3/t21-/m0/s1. The van der Waals surface area contributed by atoms with E-state index in [0.717, 1.165) is 24.5 Å². The van der Waals surface area contributed by atoms with E-state index in [-0.39, 0.29) is 30.6 Å². The van der Waals surface area contributed by atoms with Crippen LogP contribution in [0.15, 0.2) is 24.3 Å². The fourth-order valence-corrected chi connectivity index (χ4v) is 4.18. The molecule has 3 rings (SSSR count). The number of likely N-dealkylation sites (N-methyl/N-ethyl adjacent to an activating group) is 1. The van der Waals surface area contributed by atoms with Crippen LogP contribution in [0.1, 0.15) is 18.4 Å². The first-order valence-corrected chi connectivity index (χ1v) is 9.86. The van der Waals surface area contributed by atoms with Gasteiger partial charge >= 0.3 is 0 Å². The van der Waals surface area contributed by atoms with Crippen LogP contribution in [0.3, 0.4) is 0 Å². The fourth-order valence-electron chi connectivity index (χ4n) is 4.18. The number of amides is 3. The predicted octanol–water partition coefficient (Wildman–Crippen LogP) is 0.502. The first-order valence-electron chi connectivity index (χ1n) is 9.86. The van der Waals surface area contributed by atoms with Gasteiger partial charge in [0.15, 0.2) is 0 Å². The first-order chi connectivity index (χ1) is 13.9. The maximum absolute atomic E-state index is 13.2. The number of para-hydroxylation sites is 1. The molecule has 0 N–H and O–H groups in total. The highest BCUT2D eigenvalue weighted by molar-refractivity contribution is 6.10. The van der Waals surface area contributed by atoms with Gasteiger partial charge in [-0.1, -0.05) is 18.2 Å². The largest absolute Gasteiger partial charge is 0.496 e. The molecule has 2 saturated heterocycles. The van der Waals surface area contributed by atoms with Gasteiger partial charge in [0.25, 0.3) is 0 Å². The van der Waals surface area contributed by atoms with E-state index in [4.69, 9.17) is 9.47 Å². The Bertz CT molecular complexity index is 775. The number of hydrogen-bond acceptors (Lipinski definition) is 6. The summed E-state index contributed by atoms with van der Waals surface area (Å²) in [5, 5.41) is 0. The number of nitrogens with zero attached hydrogens (tertiary/aromatic N) is 3. The van der Waals surface area contributed by atoms with Crippen LogP contribution < -0.4 is 4.74 Å². The Kier molecular flexibility index (Phi) is 6.54. The molecule has 2 aliphatic heterocycles. The number of methoxy groups -OCH3 is 2. The predicted molar refractivity (Wildman–Crippen MR) is 107 cm³/mol. The molecule has 158 valence electrons. The van der Waals surface area contributed by atoms with Crippen molar-refractivity contribution in [2.75, 3.05) is 60.6 Å². The zero-order chi connectivity index (χ0) is 21.0. The summed E-state index contributed by atoms with van der Waals surface area (Å²) in [7, 11) is 4.67. The normalized spacial score (nSPS) is 23.0. The lowest BCUT2D eigenvalue weighted by molar-refractivity contribution is -0.142. The van der Waals surface area contributed by atoms with Crippen molar-refractivity contribution in [3.05, 3.63) is 29.8 Å². The summed E-state index contributed by atoms with van der Waals surface area (Å²) in [4.78, 5) is 43.9. The number of piperazine rings is 1. The Hall–Kier alpha value is -2.45. The molecule has 0 aromatic heterocycles. The lowest BCUT2D eigenvalue weighted by Crippen LogP contribution is -2.51. The SMILES string of the molecule is COCCN1CCN(C(=O)C[C@]2(c3ccccc3OC)CC(=O)N(C)C2=O)CC1. The second kappa shape index (κ2) is 8.92. The third kappa shape index (κ3) is 4.13.